The summed E-state index contributed by atoms with van der Waals surface area (Å²) in [5.41, 5.74) is 15.8. The largest absolute Gasteiger partial charge is 0.359 e. The van der Waals surface area contributed by atoms with Crippen LogP contribution in [0.25, 0.3) is 27.5 Å². The molecule has 0 bridgehead atoms. The number of rotatable bonds is 5. The molecule has 5 heteroatoms. The van der Waals surface area contributed by atoms with Crippen molar-refractivity contribution in [2.45, 2.75) is 33.2 Å². The van der Waals surface area contributed by atoms with E-state index in [9.17, 15) is 0 Å². The highest BCUT2D eigenvalue weighted by atomic mass is 32.2. The van der Waals surface area contributed by atoms with E-state index in [4.69, 9.17) is 4.99 Å². The van der Waals surface area contributed by atoms with E-state index in [2.05, 4.69) is 227 Å². The Labute approximate surface area is 371 Å². The summed E-state index contributed by atoms with van der Waals surface area (Å²) in [7, 11) is 1.88. The van der Waals surface area contributed by atoms with Gasteiger partial charge < -0.3 is 14.8 Å². The van der Waals surface area contributed by atoms with Gasteiger partial charge in [-0.05, 0) is 93.5 Å². The van der Waals surface area contributed by atoms with Crippen LogP contribution in [-0.2, 0) is 5.41 Å². The zero-order chi connectivity index (χ0) is 41.6. The van der Waals surface area contributed by atoms with Crippen molar-refractivity contribution in [2.75, 3.05) is 11.9 Å². The van der Waals surface area contributed by atoms with Crippen molar-refractivity contribution in [3.05, 3.63) is 257 Å². The smallest absolute Gasteiger partial charge is 0.128 e. The first-order valence-corrected chi connectivity index (χ1v) is 22.7. The van der Waals surface area contributed by atoms with E-state index in [-0.39, 0.29) is 18.0 Å². The lowest BCUT2D eigenvalue weighted by Gasteiger charge is -2.45. The monoisotopic (exact) mass is 826 g/mol. The first kappa shape index (κ1) is 36.3. The fraction of sp³-hybridized carbons (Fsp3) is 0.0862. The summed E-state index contributed by atoms with van der Waals surface area (Å²) < 4.78 is 2.53. The summed E-state index contributed by atoms with van der Waals surface area (Å²) in [6.45, 7) is 0. The minimum atomic E-state index is -0.548. The van der Waals surface area contributed by atoms with E-state index in [1.54, 1.807) is 0 Å². The SMILES string of the molecule is CN=C(NC(c1ccccc1)c1ccccc1)c1ccc(N2c3cc4c(cc3C3C=CC=CC32)Sc2ccccc2C42c3ccccc3-n3c4ccccc4c4cccc2c43)cc1. The van der Waals surface area contributed by atoms with E-state index >= 15 is 0 Å². The number of nitrogens with zero attached hydrogens (tertiary/aromatic N) is 3. The van der Waals surface area contributed by atoms with Crippen molar-refractivity contribution in [3.63, 3.8) is 0 Å². The van der Waals surface area contributed by atoms with Crippen LogP contribution in [0, 0.1) is 0 Å². The quantitative estimate of drug-likeness (QED) is 0.139. The first-order valence-electron chi connectivity index (χ1n) is 21.9. The fourth-order valence-corrected chi connectivity index (χ4v) is 12.5. The molecule has 3 unspecified atom stereocenters. The Morgan fingerprint density at radius 1 is 0.587 bits per heavy atom. The molecule has 3 aliphatic heterocycles. The van der Waals surface area contributed by atoms with E-state index < -0.39 is 5.41 Å². The van der Waals surface area contributed by atoms with Gasteiger partial charge in [-0.2, -0.15) is 0 Å². The molecule has 1 aromatic heterocycles. The Hall–Kier alpha value is -7.34. The van der Waals surface area contributed by atoms with E-state index in [1.807, 2.05) is 18.8 Å². The van der Waals surface area contributed by atoms with Crippen LogP contribution >= 0.6 is 11.8 Å². The first-order chi connectivity index (χ1) is 31.2. The molecule has 3 atom stereocenters. The van der Waals surface area contributed by atoms with Gasteiger partial charge in [-0.1, -0.05) is 170 Å². The molecule has 1 N–H and O–H groups in total. The molecular formula is C58H42N4S. The van der Waals surface area contributed by atoms with Crippen molar-refractivity contribution in [1.82, 2.24) is 9.88 Å². The minimum Gasteiger partial charge on any atom is -0.359 e. The summed E-state index contributed by atoms with van der Waals surface area (Å²) in [6.07, 6.45) is 9.23. The van der Waals surface area contributed by atoms with Crippen molar-refractivity contribution >= 4 is 50.8 Å². The Morgan fingerprint density at radius 3 is 2.05 bits per heavy atom. The minimum absolute atomic E-state index is 0.0466. The number of fused-ring (bicyclic) bond motifs is 14. The van der Waals surface area contributed by atoms with Crippen LogP contribution in [0.5, 0.6) is 0 Å². The van der Waals surface area contributed by atoms with Gasteiger partial charge in [-0.15, -0.1) is 0 Å². The molecule has 1 aliphatic carbocycles. The summed E-state index contributed by atoms with van der Waals surface area (Å²) in [6, 6.07) is 69.7. The van der Waals surface area contributed by atoms with Crippen LogP contribution in [0.4, 0.5) is 11.4 Å². The molecule has 0 saturated carbocycles. The number of aliphatic imine (C=N–C) groups is 1. The Morgan fingerprint density at radius 2 is 1.25 bits per heavy atom. The Balaban J connectivity index is 0.985. The third-order valence-corrected chi connectivity index (χ3v) is 15.0. The lowest BCUT2D eigenvalue weighted by molar-refractivity contribution is 0.689. The third kappa shape index (κ3) is 5.20. The van der Waals surface area contributed by atoms with Gasteiger partial charge in [-0.3, -0.25) is 4.99 Å². The van der Waals surface area contributed by atoms with E-state index in [1.165, 1.54) is 81.9 Å². The van der Waals surface area contributed by atoms with Gasteiger partial charge in [0.15, 0.2) is 0 Å². The molecule has 13 rings (SSSR count). The van der Waals surface area contributed by atoms with Crippen LogP contribution in [0.2, 0.25) is 0 Å². The zero-order valence-electron chi connectivity index (χ0n) is 34.7. The van der Waals surface area contributed by atoms with Crippen LogP contribution in [0.1, 0.15) is 56.5 Å². The molecule has 0 saturated heterocycles. The van der Waals surface area contributed by atoms with Gasteiger partial charge in [-0.25, -0.2) is 0 Å². The second kappa shape index (κ2) is 14.1. The van der Waals surface area contributed by atoms with Gasteiger partial charge in [0.2, 0.25) is 0 Å². The Bertz CT molecular complexity index is 3340. The molecule has 4 aliphatic rings. The Kier molecular flexibility index (Phi) is 8.13. The molecule has 63 heavy (non-hydrogen) atoms. The number of benzene rings is 8. The number of hydrogen-bond donors (Lipinski definition) is 1. The molecule has 8 aromatic carbocycles. The third-order valence-electron chi connectivity index (χ3n) is 13.9. The predicted molar refractivity (Wildman–Crippen MR) is 260 cm³/mol. The molecule has 4 nitrogen and oxygen atoms in total. The summed E-state index contributed by atoms with van der Waals surface area (Å²) >= 11 is 1.92. The summed E-state index contributed by atoms with van der Waals surface area (Å²) in [5.74, 6) is 1.08. The van der Waals surface area contributed by atoms with Gasteiger partial charge in [0.25, 0.3) is 0 Å². The molecule has 0 radical (unpaired) electrons. The van der Waals surface area contributed by atoms with Crippen LogP contribution in [0.3, 0.4) is 0 Å². The number of para-hydroxylation sites is 3. The molecule has 9 aromatic rings. The van der Waals surface area contributed by atoms with Crippen molar-refractivity contribution in [3.8, 4) is 5.69 Å². The standard InChI is InChI=1S/C58H42N4S/c1-59-57(60-55(37-17-4-2-5-18-37)38-19-6-3-7-20-38)39-31-33-40(34-32-39)61-49-27-12-9-22-42(49)44-35-54-48(36-52(44)61)58(46-25-11-15-30-53(46)63-54)45-24-10-14-29-51(45)62-50-28-13-8-21-41(50)43-23-16-26-47(58)56(43)62/h2-36,42,49,55H,1H3,(H,59,60). The highest BCUT2D eigenvalue weighted by Gasteiger charge is 2.51. The van der Waals surface area contributed by atoms with Crippen LogP contribution in [-0.4, -0.2) is 23.5 Å². The maximum Gasteiger partial charge on any atom is 0.128 e. The van der Waals surface area contributed by atoms with Gasteiger partial charge in [0.1, 0.15) is 5.84 Å². The molecular weight excluding hydrogens is 785 g/mol. The topological polar surface area (TPSA) is 32.6 Å². The second-order valence-corrected chi connectivity index (χ2v) is 18.1. The molecule has 0 fully saturated rings. The number of hydrogen-bond acceptors (Lipinski definition) is 3. The van der Waals surface area contributed by atoms with Crippen molar-refractivity contribution in [2.24, 2.45) is 4.99 Å². The van der Waals surface area contributed by atoms with Crippen molar-refractivity contribution < 1.29 is 0 Å². The predicted octanol–water partition coefficient (Wildman–Crippen LogP) is 13.4. The highest BCUT2D eigenvalue weighted by Crippen LogP contribution is 2.62. The normalized spacial score (nSPS) is 19.0. The average Bonchev–Trinajstić information content (AvgIpc) is 3.86. The highest BCUT2D eigenvalue weighted by molar-refractivity contribution is 7.99. The maximum atomic E-state index is 4.82. The molecule has 4 heterocycles. The van der Waals surface area contributed by atoms with Gasteiger partial charge in [0.05, 0.1) is 34.2 Å². The zero-order valence-corrected chi connectivity index (χ0v) is 35.5. The fourth-order valence-electron chi connectivity index (χ4n) is 11.3. The summed E-state index contributed by atoms with van der Waals surface area (Å²) in [4.78, 5) is 10.0. The van der Waals surface area contributed by atoms with E-state index in [0.29, 0.717) is 0 Å². The van der Waals surface area contributed by atoms with E-state index in [0.717, 1.165) is 17.1 Å². The number of anilines is 2. The lowest BCUT2D eigenvalue weighted by atomic mass is 9.62. The molecule has 1 spiro atoms. The lowest BCUT2D eigenvalue weighted by Crippen LogP contribution is -2.38. The second-order valence-electron chi connectivity index (χ2n) is 17.0. The summed E-state index contributed by atoms with van der Waals surface area (Å²) in [5, 5.41) is 6.40. The van der Waals surface area contributed by atoms with Crippen LogP contribution in [0.15, 0.2) is 227 Å². The maximum absolute atomic E-state index is 4.82. The average molecular weight is 827 g/mol. The van der Waals surface area contributed by atoms with Gasteiger partial charge in [0, 0.05) is 50.5 Å². The van der Waals surface area contributed by atoms with Crippen LogP contribution < -0.4 is 10.2 Å². The number of allylic oxidation sites excluding steroid dienone is 2. The number of aromatic nitrogens is 1. The van der Waals surface area contributed by atoms with Crippen molar-refractivity contribution in [1.29, 1.82) is 0 Å². The molecule has 300 valence electrons. The van der Waals surface area contributed by atoms with Gasteiger partial charge >= 0.3 is 0 Å². The number of amidine groups is 1. The molecule has 0 amide bonds. The number of nitrogens with one attached hydrogen (secondary N) is 1.